The molecule has 2 rings (SSSR count). The van der Waals surface area contributed by atoms with Crippen molar-refractivity contribution in [3.63, 3.8) is 0 Å². The van der Waals surface area contributed by atoms with Crippen molar-refractivity contribution in [3.05, 3.63) is 0 Å². The molecule has 2 aliphatic carbocycles. The second-order valence-corrected chi connectivity index (χ2v) is 3.67. The van der Waals surface area contributed by atoms with Crippen LogP contribution in [-0.2, 0) is 4.79 Å². The van der Waals surface area contributed by atoms with E-state index < -0.39 is 0 Å². The van der Waals surface area contributed by atoms with E-state index in [-0.39, 0.29) is 11.3 Å². The molecule has 2 aliphatic rings. The fourth-order valence-electron chi connectivity index (χ4n) is 2.17. The van der Waals surface area contributed by atoms with E-state index in [0.29, 0.717) is 5.78 Å². The first kappa shape index (κ1) is 6.84. The van der Waals surface area contributed by atoms with Crippen LogP contribution in [-0.4, -0.2) is 5.78 Å². The number of nitrogens with zero attached hydrogens (tertiary/aromatic N) is 1. The summed E-state index contributed by atoms with van der Waals surface area (Å²) in [5.41, 5.74) is -0.146. The monoisotopic (exact) mass is 149 g/mol. The highest BCUT2D eigenvalue weighted by Gasteiger charge is 2.59. The number of hydrogen-bond donors (Lipinski definition) is 0. The molecule has 0 N–H and O–H groups in total. The van der Waals surface area contributed by atoms with E-state index in [1.54, 1.807) is 0 Å². The number of hydrogen-bond acceptors (Lipinski definition) is 2. The minimum atomic E-state index is -0.146. The van der Waals surface area contributed by atoms with Gasteiger partial charge in [-0.3, -0.25) is 4.79 Å². The van der Waals surface area contributed by atoms with Gasteiger partial charge < -0.3 is 0 Å². The summed E-state index contributed by atoms with van der Waals surface area (Å²) in [6, 6.07) is 2.21. The lowest BCUT2D eigenvalue weighted by Gasteiger charge is -2.19. The van der Waals surface area contributed by atoms with Crippen LogP contribution in [0.2, 0.25) is 0 Å². The molecule has 0 saturated heterocycles. The standard InChI is InChI=1S/C9H11NO/c10-6-7-5-9(7)4-2-1-3-8(9)11/h7H,1-5H2. The number of nitriles is 1. The number of carbonyl (C=O) groups is 1. The number of carbonyl (C=O) groups excluding carboxylic acids is 1. The van der Waals surface area contributed by atoms with Gasteiger partial charge in [0.05, 0.1) is 12.0 Å². The molecule has 58 valence electrons. The number of ketones is 1. The molecule has 2 atom stereocenters. The first-order chi connectivity index (χ1) is 5.29. The van der Waals surface area contributed by atoms with Gasteiger partial charge in [0.25, 0.3) is 0 Å². The van der Waals surface area contributed by atoms with Gasteiger partial charge in [-0.25, -0.2) is 0 Å². The zero-order chi connectivity index (χ0) is 7.90. The number of Topliss-reactive ketones (excluding diaryl/α,β-unsaturated/α-hetero) is 1. The molecule has 0 bridgehead atoms. The molecule has 0 heterocycles. The Bertz CT molecular complexity index is 240. The lowest BCUT2D eigenvalue weighted by Crippen LogP contribution is -2.22. The van der Waals surface area contributed by atoms with Gasteiger partial charge in [0, 0.05) is 11.8 Å². The van der Waals surface area contributed by atoms with Gasteiger partial charge in [-0.2, -0.15) is 5.26 Å². The van der Waals surface area contributed by atoms with Crippen LogP contribution in [0.1, 0.15) is 32.1 Å². The molecule has 0 radical (unpaired) electrons. The molecule has 2 saturated carbocycles. The largest absolute Gasteiger partial charge is 0.299 e. The van der Waals surface area contributed by atoms with Gasteiger partial charge in [-0.05, 0) is 19.3 Å². The van der Waals surface area contributed by atoms with Crippen LogP contribution in [0.25, 0.3) is 0 Å². The fourth-order valence-corrected chi connectivity index (χ4v) is 2.17. The minimum Gasteiger partial charge on any atom is -0.299 e. The molecular formula is C9H11NO. The summed E-state index contributed by atoms with van der Waals surface area (Å²) in [6.45, 7) is 0. The van der Waals surface area contributed by atoms with Gasteiger partial charge in [-0.1, -0.05) is 6.42 Å². The third kappa shape index (κ3) is 0.805. The molecule has 0 aromatic heterocycles. The van der Waals surface area contributed by atoms with E-state index in [4.69, 9.17) is 5.26 Å². The first-order valence-electron chi connectivity index (χ1n) is 4.22. The van der Waals surface area contributed by atoms with Crippen LogP contribution < -0.4 is 0 Å². The fraction of sp³-hybridized carbons (Fsp3) is 0.778. The third-order valence-electron chi connectivity index (χ3n) is 3.06. The Labute approximate surface area is 66.2 Å². The Hall–Kier alpha value is -0.840. The number of rotatable bonds is 0. The van der Waals surface area contributed by atoms with Gasteiger partial charge in [0.2, 0.25) is 0 Å². The highest BCUT2D eigenvalue weighted by atomic mass is 16.1. The smallest absolute Gasteiger partial charge is 0.140 e. The SMILES string of the molecule is N#CC1CC12CCCCC2=O. The second kappa shape index (κ2) is 2.07. The molecule has 0 aromatic rings. The quantitative estimate of drug-likeness (QED) is 0.525. The Kier molecular flexibility index (Phi) is 1.29. The highest BCUT2D eigenvalue weighted by molar-refractivity contribution is 5.89. The molecule has 2 unspecified atom stereocenters. The first-order valence-corrected chi connectivity index (χ1v) is 4.22. The molecule has 2 nitrogen and oxygen atoms in total. The Balaban J connectivity index is 2.15. The topological polar surface area (TPSA) is 40.9 Å². The van der Waals surface area contributed by atoms with E-state index >= 15 is 0 Å². The normalized spacial score (nSPS) is 42.1. The molecule has 1 spiro atoms. The van der Waals surface area contributed by atoms with E-state index in [0.717, 1.165) is 32.1 Å². The molecule has 2 fully saturated rings. The zero-order valence-electron chi connectivity index (χ0n) is 6.47. The van der Waals surface area contributed by atoms with Crippen molar-refractivity contribution in [3.8, 4) is 6.07 Å². The van der Waals surface area contributed by atoms with Crippen molar-refractivity contribution in [2.45, 2.75) is 32.1 Å². The summed E-state index contributed by atoms with van der Waals surface area (Å²) in [7, 11) is 0. The van der Waals surface area contributed by atoms with Crippen molar-refractivity contribution in [2.24, 2.45) is 11.3 Å². The van der Waals surface area contributed by atoms with Gasteiger partial charge in [0.1, 0.15) is 5.78 Å². The molecule has 2 heteroatoms. The third-order valence-corrected chi connectivity index (χ3v) is 3.06. The van der Waals surface area contributed by atoms with Crippen molar-refractivity contribution in [1.29, 1.82) is 5.26 Å². The molecule has 0 amide bonds. The summed E-state index contributed by atoms with van der Waals surface area (Å²) in [5.74, 6) is 0.422. The van der Waals surface area contributed by atoms with Gasteiger partial charge in [-0.15, -0.1) is 0 Å². The van der Waals surface area contributed by atoms with Crippen molar-refractivity contribution >= 4 is 5.78 Å². The predicted octanol–water partition coefficient (Wildman–Crippen LogP) is 1.66. The van der Waals surface area contributed by atoms with Crippen LogP contribution in [0, 0.1) is 22.7 Å². The highest BCUT2D eigenvalue weighted by Crippen LogP contribution is 2.58. The van der Waals surface area contributed by atoms with Crippen LogP contribution in [0.15, 0.2) is 0 Å². The van der Waals surface area contributed by atoms with Gasteiger partial charge >= 0.3 is 0 Å². The second-order valence-electron chi connectivity index (χ2n) is 3.67. The summed E-state index contributed by atoms with van der Waals surface area (Å²) < 4.78 is 0. The minimum absolute atomic E-state index is 0.0651. The summed E-state index contributed by atoms with van der Waals surface area (Å²) in [5, 5.41) is 8.64. The van der Waals surface area contributed by atoms with Crippen LogP contribution >= 0.6 is 0 Å². The molecule has 11 heavy (non-hydrogen) atoms. The Morgan fingerprint density at radius 1 is 1.55 bits per heavy atom. The lowest BCUT2D eigenvalue weighted by molar-refractivity contribution is -0.126. The maximum atomic E-state index is 11.4. The van der Waals surface area contributed by atoms with Crippen LogP contribution in [0.3, 0.4) is 0 Å². The van der Waals surface area contributed by atoms with E-state index in [1.807, 2.05) is 0 Å². The summed E-state index contributed by atoms with van der Waals surface area (Å²) in [4.78, 5) is 11.4. The molecular weight excluding hydrogens is 138 g/mol. The van der Waals surface area contributed by atoms with Crippen molar-refractivity contribution in [1.82, 2.24) is 0 Å². The van der Waals surface area contributed by atoms with E-state index in [1.165, 1.54) is 0 Å². The summed E-state index contributed by atoms with van der Waals surface area (Å²) >= 11 is 0. The lowest BCUT2D eigenvalue weighted by atomic mass is 9.83. The average molecular weight is 149 g/mol. The zero-order valence-corrected chi connectivity index (χ0v) is 6.47. The Morgan fingerprint density at radius 2 is 2.36 bits per heavy atom. The molecule has 0 aliphatic heterocycles. The van der Waals surface area contributed by atoms with Crippen molar-refractivity contribution in [2.75, 3.05) is 0 Å². The van der Waals surface area contributed by atoms with E-state index in [2.05, 4.69) is 6.07 Å². The predicted molar refractivity (Wildman–Crippen MR) is 39.6 cm³/mol. The Morgan fingerprint density at radius 3 is 2.91 bits per heavy atom. The average Bonchev–Trinajstić information content (AvgIpc) is 2.72. The molecule has 0 aromatic carbocycles. The van der Waals surface area contributed by atoms with Gasteiger partial charge in [0.15, 0.2) is 0 Å². The summed E-state index contributed by atoms with van der Waals surface area (Å²) in [6.07, 6.45) is 4.73. The van der Waals surface area contributed by atoms with E-state index in [9.17, 15) is 4.79 Å². The maximum absolute atomic E-state index is 11.4. The van der Waals surface area contributed by atoms with Crippen molar-refractivity contribution < 1.29 is 4.79 Å². The van der Waals surface area contributed by atoms with Crippen LogP contribution in [0.5, 0.6) is 0 Å². The van der Waals surface area contributed by atoms with Crippen LogP contribution in [0.4, 0.5) is 0 Å². The maximum Gasteiger partial charge on any atom is 0.140 e.